The number of carbonyl (C=O) groups is 1. The molecule has 0 aromatic heterocycles. The average molecular weight is 312 g/mol. The van der Waals surface area contributed by atoms with Crippen molar-refractivity contribution in [2.24, 2.45) is 0 Å². The molecule has 0 aliphatic carbocycles. The molecule has 0 N–H and O–H groups in total. The van der Waals surface area contributed by atoms with Crippen LogP contribution in [0.5, 0.6) is 17.2 Å². The largest absolute Gasteiger partial charge is 0.493 e. The lowest BCUT2D eigenvalue weighted by Crippen LogP contribution is -2.05. The zero-order valence-electron chi connectivity index (χ0n) is 13.8. The number of hydrogen-bond donors (Lipinski definition) is 0. The Morgan fingerprint density at radius 2 is 1.65 bits per heavy atom. The Morgan fingerprint density at radius 1 is 0.913 bits per heavy atom. The standard InChI is InChI=1S/C19H20O4/c1-13-5-6-14(2)17(11-13)23-19(20)10-8-15-7-9-16(21-3)18(12-15)22-4/h5-12H,1-4H3/b10-8+. The number of esters is 1. The zero-order valence-corrected chi connectivity index (χ0v) is 13.8. The maximum absolute atomic E-state index is 12.0. The fraction of sp³-hybridized carbons (Fsp3) is 0.211. The second-order valence-corrected chi connectivity index (χ2v) is 5.14. The van der Waals surface area contributed by atoms with Gasteiger partial charge in [-0.05, 0) is 54.8 Å². The molecule has 0 fully saturated rings. The van der Waals surface area contributed by atoms with Gasteiger partial charge in [-0.1, -0.05) is 18.2 Å². The van der Waals surface area contributed by atoms with Crippen LogP contribution in [0.3, 0.4) is 0 Å². The molecule has 2 rings (SSSR count). The number of benzene rings is 2. The Balaban J connectivity index is 2.10. The Hall–Kier alpha value is -2.75. The minimum Gasteiger partial charge on any atom is -0.493 e. The minimum atomic E-state index is -0.423. The van der Waals surface area contributed by atoms with Gasteiger partial charge in [0, 0.05) is 6.08 Å². The maximum Gasteiger partial charge on any atom is 0.336 e. The fourth-order valence-corrected chi connectivity index (χ4v) is 2.08. The average Bonchev–Trinajstić information content (AvgIpc) is 2.56. The maximum atomic E-state index is 12.0. The third-order valence-corrected chi connectivity index (χ3v) is 3.37. The number of ether oxygens (including phenoxy) is 3. The summed E-state index contributed by atoms with van der Waals surface area (Å²) >= 11 is 0. The summed E-state index contributed by atoms with van der Waals surface area (Å²) in [5.41, 5.74) is 2.78. The molecule has 0 saturated heterocycles. The highest BCUT2D eigenvalue weighted by Gasteiger charge is 2.06. The molecular weight excluding hydrogens is 292 g/mol. The minimum absolute atomic E-state index is 0.423. The molecular formula is C19H20O4. The first kappa shape index (κ1) is 16.6. The molecule has 120 valence electrons. The second-order valence-electron chi connectivity index (χ2n) is 5.14. The van der Waals surface area contributed by atoms with Crippen LogP contribution in [0.1, 0.15) is 16.7 Å². The predicted molar refractivity (Wildman–Crippen MR) is 90.1 cm³/mol. The van der Waals surface area contributed by atoms with Crippen LogP contribution in [-0.2, 0) is 4.79 Å². The zero-order chi connectivity index (χ0) is 16.8. The first-order valence-corrected chi connectivity index (χ1v) is 7.22. The monoisotopic (exact) mass is 312 g/mol. The van der Waals surface area contributed by atoms with E-state index in [2.05, 4.69) is 0 Å². The molecule has 0 bridgehead atoms. The van der Waals surface area contributed by atoms with Gasteiger partial charge in [-0.25, -0.2) is 4.79 Å². The van der Waals surface area contributed by atoms with Crippen LogP contribution < -0.4 is 14.2 Å². The molecule has 0 amide bonds. The molecule has 0 heterocycles. The van der Waals surface area contributed by atoms with E-state index in [-0.39, 0.29) is 0 Å². The molecule has 0 aliphatic heterocycles. The van der Waals surface area contributed by atoms with Crippen LogP contribution in [0.4, 0.5) is 0 Å². The van der Waals surface area contributed by atoms with Gasteiger partial charge in [0.05, 0.1) is 14.2 Å². The van der Waals surface area contributed by atoms with Gasteiger partial charge >= 0.3 is 5.97 Å². The van der Waals surface area contributed by atoms with E-state index in [0.717, 1.165) is 16.7 Å². The van der Waals surface area contributed by atoms with Crippen molar-refractivity contribution in [3.8, 4) is 17.2 Å². The fourth-order valence-electron chi connectivity index (χ4n) is 2.08. The Morgan fingerprint density at radius 3 is 2.35 bits per heavy atom. The molecule has 0 aliphatic rings. The Labute approximate surface area is 136 Å². The summed E-state index contributed by atoms with van der Waals surface area (Å²) in [7, 11) is 3.15. The van der Waals surface area contributed by atoms with Gasteiger partial charge < -0.3 is 14.2 Å². The molecule has 0 spiro atoms. The predicted octanol–water partition coefficient (Wildman–Crippen LogP) is 3.94. The lowest BCUT2D eigenvalue weighted by atomic mass is 10.1. The quantitative estimate of drug-likeness (QED) is 0.476. The first-order valence-electron chi connectivity index (χ1n) is 7.22. The first-order chi connectivity index (χ1) is 11.0. The number of methoxy groups -OCH3 is 2. The molecule has 2 aromatic carbocycles. The summed E-state index contributed by atoms with van der Waals surface area (Å²) in [6, 6.07) is 11.2. The molecule has 0 saturated carbocycles. The molecule has 2 aromatic rings. The topological polar surface area (TPSA) is 44.8 Å². The van der Waals surface area contributed by atoms with E-state index in [1.165, 1.54) is 6.08 Å². The Kier molecular flexibility index (Phi) is 5.41. The van der Waals surface area contributed by atoms with Gasteiger partial charge in [-0.15, -0.1) is 0 Å². The van der Waals surface area contributed by atoms with Crippen molar-refractivity contribution in [3.63, 3.8) is 0 Å². The number of aryl methyl sites for hydroxylation is 2. The van der Waals surface area contributed by atoms with Crippen molar-refractivity contribution in [1.82, 2.24) is 0 Å². The van der Waals surface area contributed by atoms with Gasteiger partial charge in [0.1, 0.15) is 5.75 Å². The highest BCUT2D eigenvalue weighted by Crippen LogP contribution is 2.28. The summed E-state index contributed by atoms with van der Waals surface area (Å²) in [4.78, 5) is 12.0. The van der Waals surface area contributed by atoms with Crippen LogP contribution in [-0.4, -0.2) is 20.2 Å². The summed E-state index contributed by atoms with van der Waals surface area (Å²) in [6.07, 6.45) is 3.07. The van der Waals surface area contributed by atoms with Crippen LogP contribution >= 0.6 is 0 Å². The van der Waals surface area contributed by atoms with Crippen molar-refractivity contribution in [3.05, 3.63) is 59.2 Å². The van der Waals surface area contributed by atoms with Crippen molar-refractivity contribution >= 4 is 12.0 Å². The molecule has 0 atom stereocenters. The second kappa shape index (κ2) is 7.49. The smallest absolute Gasteiger partial charge is 0.336 e. The molecule has 4 heteroatoms. The van der Waals surface area contributed by atoms with E-state index in [4.69, 9.17) is 14.2 Å². The summed E-state index contributed by atoms with van der Waals surface area (Å²) in [5, 5.41) is 0. The van der Waals surface area contributed by atoms with Crippen molar-refractivity contribution in [1.29, 1.82) is 0 Å². The van der Waals surface area contributed by atoms with Crippen LogP contribution in [0.25, 0.3) is 6.08 Å². The summed E-state index contributed by atoms with van der Waals surface area (Å²) < 4.78 is 15.8. The van der Waals surface area contributed by atoms with Gasteiger partial charge in [-0.2, -0.15) is 0 Å². The molecule has 4 nitrogen and oxygen atoms in total. The van der Waals surface area contributed by atoms with E-state index < -0.39 is 5.97 Å². The van der Waals surface area contributed by atoms with Crippen LogP contribution in [0.2, 0.25) is 0 Å². The van der Waals surface area contributed by atoms with Crippen LogP contribution in [0, 0.1) is 13.8 Å². The van der Waals surface area contributed by atoms with Crippen molar-refractivity contribution < 1.29 is 19.0 Å². The van der Waals surface area contributed by atoms with E-state index >= 15 is 0 Å². The van der Waals surface area contributed by atoms with Crippen LogP contribution in [0.15, 0.2) is 42.5 Å². The molecule has 0 unspecified atom stereocenters. The van der Waals surface area contributed by atoms with E-state index in [1.807, 2.05) is 38.1 Å². The lowest BCUT2D eigenvalue weighted by molar-refractivity contribution is -0.128. The van der Waals surface area contributed by atoms with Crippen molar-refractivity contribution in [2.75, 3.05) is 14.2 Å². The third kappa shape index (κ3) is 4.36. The highest BCUT2D eigenvalue weighted by molar-refractivity contribution is 5.89. The highest BCUT2D eigenvalue weighted by atomic mass is 16.5. The van der Waals surface area contributed by atoms with E-state index in [9.17, 15) is 4.79 Å². The van der Waals surface area contributed by atoms with Gasteiger partial charge in [0.25, 0.3) is 0 Å². The van der Waals surface area contributed by atoms with E-state index in [1.54, 1.807) is 32.4 Å². The summed E-state index contributed by atoms with van der Waals surface area (Å²) in [6.45, 7) is 3.86. The van der Waals surface area contributed by atoms with Gasteiger partial charge in [0.15, 0.2) is 11.5 Å². The molecule has 0 radical (unpaired) electrons. The number of rotatable bonds is 5. The lowest BCUT2D eigenvalue weighted by Gasteiger charge is -2.08. The number of hydrogen-bond acceptors (Lipinski definition) is 4. The van der Waals surface area contributed by atoms with Gasteiger partial charge in [-0.3, -0.25) is 0 Å². The SMILES string of the molecule is COc1ccc(/C=C/C(=O)Oc2cc(C)ccc2C)cc1OC. The van der Waals surface area contributed by atoms with Gasteiger partial charge in [0.2, 0.25) is 0 Å². The number of carbonyl (C=O) groups excluding carboxylic acids is 1. The Bertz CT molecular complexity index is 732. The molecule has 23 heavy (non-hydrogen) atoms. The summed E-state index contributed by atoms with van der Waals surface area (Å²) in [5.74, 6) is 1.40. The van der Waals surface area contributed by atoms with Crippen molar-refractivity contribution in [2.45, 2.75) is 13.8 Å². The van der Waals surface area contributed by atoms with E-state index in [0.29, 0.717) is 17.2 Å². The normalized spacial score (nSPS) is 10.6. The third-order valence-electron chi connectivity index (χ3n) is 3.37.